The van der Waals surface area contributed by atoms with E-state index < -0.39 is 0 Å². The number of likely N-dealkylation sites (tertiary alicyclic amines) is 1. The van der Waals surface area contributed by atoms with Crippen molar-refractivity contribution in [2.24, 2.45) is 11.8 Å². The minimum Gasteiger partial charge on any atom is -0.356 e. The number of nitrogens with zero attached hydrogens (tertiary/aromatic N) is 4. The standard InChI is InChI=1S/C19H20N4.2ClH/c1-22-11-16-12-23(18-8-7-14(9-20)10-21-18)13-17(16)19(22)15-5-3-2-4-6-15;;/h2-8,10,16-17,19H,11-13H2,1H3;2*1H/t16-,17+,19-;;/m0../s1. The molecule has 4 rings (SSSR count). The first-order valence-electron chi connectivity index (χ1n) is 8.12. The van der Waals surface area contributed by atoms with Crippen molar-refractivity contribution in [2.45, 2.75) is 6.04 Å². The minimum atomic E-state index is 0. The van der Waals surface area contributed by atoms with E-state index in [0.717, 1.165) is 25.5 Å². The van der Waals surface area contributed by atoms with E-state index in [-0.39, 0.29) is 24.8 Å². The van der Waals surface area contributed by atoms with E-state index in [4.69, 9.17) is 5.26 Å². The van der Waals surface area contributed by atoms with Crippen molar-refractivity contribution < 1.29 is 0 Å². The molecule has 2 aromatic rings. The number of hydrogen-bond acceptors (Lipinski definition) is 4. The molecule has 2 aliphatic rings. The summed E-state index contributed by atoms with van der Waals surface area (Å²) in [7, 11) is 2.24. The SMILES string of the molecule is CN1C[C@H]2CN(c3ccc(C#N)cn3)C[C@H]2[C@@H]1c1ccccc1.Cl.Cl. The lowest BCUT2D eigenvalue weighted by atomic mass is 9.90. The Balaban J connectivity index is 0.00000113. The summed E-state index contributed by atoms with van der Waals surface area (Å²) < 4.78 is 0. The van der Waals surface area contributed by atoms with Crippen molar-refractivity contribution in [3.63, 3.8) is 0 Å². The van der Waals surface area contributed by atoms with Crippen LogP contribution in [-0.4, -0.2) is 36.6 Å². The van der Waals surface area contributed by atoms with Crippen LogP contribution >= 0.6 is 24.8 Å². The number of rotatable bonds is 2. The van der Waals surface area contributed by atoms with Crippen LogP contribution in [0.15, 0.2) is 48.7 Å². The zero-order valence-corrected chi connectivity index (χ0v) is 15.7. The first-order valence-corrected chi connectivity index (χ1v) is 8.12. The van der Waals surface area contributed by atoms with Gasteiger partial charge in [0.05, 0.1) is 5.56 Å². The van der Waals surface area contributed by atoms with E-state index >= 15 is 0 Å². The van der Waals surface area contributed by atoms with Gasteiger partial charge in [-0.3, -0.25) is 4.90 Å². The molecule has 2 saturated heterocycles. The predicted octanol–water partition coefficient (Wildman–Crippen LogP) is 3.54. The third-order valence-corrected chi connectivity index (χ3v) is 5.24. The van der Waals surface area contributed by atoms with Crippen LogP contribution in [0.3, 0.4) is 0 Å². The Labute approximate surface area is 161 Å². The molecule has 0 N–H and O–H groups in total. The lowest BCUT2D eigenvalue weighted by molar-refractivity contribution is 0.280. The fraction of sp³-hybridized carbons (Fsp3) is 0.368. The Morgan fingerprint density at radius 2 is 1.80 bits per heavy atom. The Morgan fingerprint density at radius 1 is 1.04 bits per heavy atom. The maximum absolute atomic E-state index is 8.91. The van der Waals surface area contributed by atoms with Crippen LogP contribution in [0.5, 0.6) is 0 Å². The quantitative estimate of drug-likeness (QED) is 0.803. The van der Waals surface area contributed by atoms with Gasteiger partial charge in [-0.05, 0) is 30.7 Å². The van der Waals surface area contributed by atoms with Gasteiger partial charge in [-0.25, -0.2) is 4.98 Å². The second-order valence-electron chi connectivity index (χ2n) is 6.64. The molecule has 2 aliphatic heterocycles. The Bertz CT molecular complexity index is 729. The van der Waals surface area contributed by atoms with Crippen LogP contribution < -0.4 is 4.90 Å². The molecule has 0 amide bonds. The van der Waals surface area contributed by atoms with Crippen molar-refractivity contribution >= 4 is 30.6 Å². The van der Waals surface area contributed by atoms with Crippen molar-refractivity contribution in [2.75, 3.05) is 31.6 Å². The lowest BCUT2D eigenvalue weighted by Crippen LogP contribution is -2.29. The molecule has 1 aromatic carbocycles. The van der Waals surface area contributed by atoms with Gasteiger partial charge in [-0.2, -0.15) is 5.26 Å². The highest BCUT2D eigenvalue weighted by Gasteiger charge is 2.46. The summed E-state index contributed by atoms with van der Waals surface area (Å²) in [6.45, 7) is 3.22. The highest BCUT2D eigenvalue weighted by molar-refractivity contribution is 5.85. The molecule has 6 heteroatoms. The van der Waals surface area contributed by atoms with Gasteiger partial charge in [0.25, 0.3) is 0 Å². The van der Waals surface area contributed by atoms with Gasteiger partial charge in [0, 0.05) is 37.8 Å². The summed E-state index contributed by atoms with van der Waals surface area (Å²) in [6.07, 6.45) is 1.67. The summed E-state index contributed by atoms with van der Waals surface area (Å²) in [5.41, 5.74) is 2.03. The fourth-order valence-corrected chi connectivity index (χ4v) is 4.24. The molecule has 0 radical (unpaired) electrons. The first-order chi connectivity index (χ1) is 11.3. The Kier molecular flexibility index (Phi) is 6.29. The zero-order valence-electron chi connectivity index (χ0n) is 14.1. The van der Waals surface area contributed by atoms with Gasteiger partial charge < -0.3 is 4.90 Å². The third kappa shape index (κ3) is 3.59. The molecule has 0 saturated carbocycles. The Morgan fingerprint density at radius 3 is 2.44 bits per heavy atom. The molecule has 2 fully saturated rings. The maximum Gasteiger partial charge on any atom is 0.128 e. The van der Waals surface area contributed by atoms with Crippen LogP contribution in [-0.2, 0) is 0 Å². The van der Waals surface area contributed by atoms with Gasteiger partial charge in [0.15, 0.2) is 0 Å². The van der Waals surface area contributed by atoms with E-state index in [2.05, 4.69) is 58.2 Å². The number of pyridine rings is 1. The minimum absolute atomic E-state index is 0. The molecule has 3 atom stereocenters. The number of halogens is 2. The highest BCUT2D eigenvalue weighted by Crippen LogP contribution is 2.44. The van der Waals surface area contributed by atoms with E-state index in [9.17, 15) is 0 Å². The van der Waals surface area contributed by atoms with Crippen LogP contribution in [0.2, 0.25) is 0 Å². The average Bonchev–Trinajstić information content (AvgIpc) is 3.12. The fourth-order valence-electron chi connectivity index (χ4n) is 4.24. The van der Waals surface area contributed by atoms with Gasteiger partial charge in [0.1, 0.15) is 11.9 Å². The van der Waals surface area contributed by atoms with E-state index in [1.807, 2.05) is 12.1 Å². The largest absolute Gasteiger partial charge is 0.356 e. The predicted molar refractivity (Wildman–Crippen MR) is 104 cm³/mol. The zero-order chi connectivity index (χ0) is 15.8. The normalized spacial score (nSPS) is 24.8. The molecule has 4 nitrogen and oxygen atoms in total. The Hall–Kier alpha value is -1.80. The van der Waals surface area contributed by atoms with Crippen LogP contribution in [0.1, 0.15) is 17.2 Å². The molecule has 0 aliphatic carbocycles. The second-order valence-corrected chi connectivity index (χ2v) is 6.64. The monoisotopic (exact) mass is 376 g/mol. The first kappa shape index (κ1) is 19.5. The van der Waals surface area contributed by atoms with E-state index in [0.29, 0.717) is 23.4 Å². The molecule has 3 heterocycles. The van der Waals surface area contributed by atoms with Gasteiger partial charge >= 0.3 is 0 Å². The number of anilines is 1. The molecule has 132 valence electrons. The molecular weight excluding hydrogens is 355 g/mol. The number of nitriles is 1. The van der Waals surface area contributed by atoms with Crippen molar-refractivity contribution in [3.8, 4) is 6.07 Å². The summed E-state index contributed by atoms with van der Waals surface area (Å²) in [6, 6.07) is 17.3. The number of aromatic nitrogens is 1. The smallest absolute Gasteiger partial charge is 0.128 e. The van der Waals surface area contributed by atoms with Gasteiger partial charge in [0.2, 0.25) is 0 Å². The number of hydrogen-bond donors (Lipinski definition) is 0. The van der Waals surface area contributed by atoms with Crippen molar-refractivity contribution in [1.82, 2.24) is 9.88 Å². The lowest BCUT2D eigenvalue weighted by Gasteiger charge is -2.27. The summed E-state index contributed by atoms with van der Waals surface area (Å²) in [5.74, 6) is 2.32. The van der Waals surface area contributed by atoms with E-state index in [1.54, 1.807) is 6.20 Å². The average molecular weight is 377 g/mol. The van der Waals surface area contributed by atoms with Crippen molar-refractivity contribution in [3.05, 3.63) is 59.8 Å². The third-order valence-electron chi connectivity index (χ3n) is 5.24. The van der Waals surface area contributed by atoms with Gasteiger partial charge in [-0.15, -0.1) is 24.8 Å². The summed E-state index contributed by atoms with van der Waals surface area (Å²) >= 11 is 0. The molecule has 0 unspecified atom stereocenters. The molecule has 0 bridgehead atoms. The molecular formula is C19H22Cl2N4. The highest BCUT2D eigenvalue weighted by atomic mass is 35.5. The molecule has 1 aromatic heterocycles. The summed E-state index contributed by atoms with van der Waals surface area (Å²) in [5, 5.41) is 8.91. The molecule has 0 spiro atoms. The number of benzene rings is 1. The van der Waals surface area contributed by atoms with Crippen molar-refractivity contribution in [1.29, 1.82) is 5.26 Å². The van der Waals surface area contributed by atoms with Crippen LogP contribution in [0.25, 0.3) is 0 Å². The van der Waals surface area contributed by atoms with Crippen LogP contribution in [0, 0.1) is 23.2 Å². The second kappa shape index (κ2) is 8.05. The summed E-state index contributed by atoms with van der Waals surface area (Å²) in [4.78, 5) is 9.33. The maximum atomic E-state index is 8.91. The number of fused-ring (bicyclic) bond motifs is 1. The topological polar surface area (TPSA) is 43.2 Å². The van der Waals surface area contributed by atoms with E-state index in [1.165, 1.54) is 5.56 Å². The molecule has 25 heavy (non-hydrogen) atoms. The van der Waals surface area contributed by atoms with Crippen LogP contribution in [0.4, 0.5) is 5.82 Å². The van der Waals surface area contributed by atoms with Gasteiger partial charge in [-0.1, -0.05) is 30.3 Å².